The first kappa shape index (κ1) is 17.3. The minimum absolute atomic E-state index is 0.0704. The molecule has 4 nitrogen and oxygen atoms in total. The third-order valence-corrected chi connectivity index (χ3v) is 5.06. The van der Waals surface area contributed by atoms with Gasteiger partial charge in [-0.3, -0.25) is 0 Å². The number of aryl methyl sites for hydroxylation is 3. The summed E-state index contributed by atoms with van der Waals surface area (Å²) in [5, 5.41) is 6.05. The van der Waals surface area contributed by atoms with Crippen LogP contribution in [0, 0.1) is 20.8 Å². The largest absolute Gasteiger partial charge is 0.497 e. The van der Waals surface area contributed by atoms with Crippen LogP contribution in [0.5, 0.6) is 5.75 Å². The van der Waals surface area contributed by atoms with Crippen molar-refractivity contribution in [1.29, 1.82) is 0 Å². The Morgan fingerprint density at radius 2 is 1.68 bits per heavy atom. The number of anilines is 1. The molecule has 25 heavy (non-hydrogen) atoms. The average molecular weight is 338 g/mol. The maximum Gasteiger partial charge on any atom is 0.319 e. The highest BCUT2D eigenvalue weighted by atomic mass is 16.5. The van der Waals surface area contributed by atoms with Gasteiger partial charge in [0.25, 0.3) is 0 Å². The molecule has 2 aromatic rings. The van der Waals surface area contributed by atoms with E-state index in [9.17, 15) is 4.79 Å². The van der Waals surface area contributed by atoms with Gasteiger partial charge < -0.3 is 15.4 Å². The standard InChI is InChI=1S/C21H26N2O2/c1-14-11-15(2)19(16(3)12-14)23-20(24)22-13-21(9-10-21)17-5-7-18(25-4)8-6-17/h5-8,11-12H,9-10,13H2,1-4H3,(H2,22,23,24). The smallest absolute Gasteiger partial charge is 0.319 e. The normalized spacial score (nSPS) is 14.7. The van der Waals surface area contributed by atoms with Crippen LogP contribution in [0.1, 0.15) is 35.1 Å². The van der Waals surface area contributed by atoms with Crippen molar-refractivity contribution >= 4 is 11.7 Å². The molecule has 0 radical (unpaired) electrons. The molecule has 4 heteroatoms. The van der Waals surface area contributed by atoms with E-state index in [0.29, 0.717) is 6.54 Å². The lowest BCUT2D eigenvalue weighted by atomic mass is 9.96. The van der Waals surface area contributed by atoms with E-state index in [4.69, 9.17) is 4.74 Å². The average Bonchev–Trinajstić information content (AvgIpc) is 3.37. The first-order valence-corrected chi connectivity index (χ1v) is 8.71. The van der Waals surface area contributed by atoms with E-state index in [0.717, 1.165) is 35.4 Å². The summed E-state index contributed by atoms with van der Waals surface area (Å²) in [4.78, 5) is 12.4. The summed E-state index contributed by atoms with van der Waals surface area (Å²) in [6, 6.07) is 12.2. The van der Waals surface area contributed by atoms with Crippen molar-refractivity contribution in [3.05, 3.63) is 58.7 Å². The summed E-state index contributed by atoms with van der Waals surface area (Å²) >= 11 is 0. The first-order valence-electron chi connectivity index (χ1n) is 8.71. The molecule has 1 aliphatic rings. The van der Waals surface area contributed by atoms with Crippen LogP contribution < -0.4 is 15.4 Å². The summed E-state index contributed by atoms with van der Waals surface area (Å²) in [7, 11) is 1.67. The van der Waals surface area contributed by atoms with Gasteiger partial charge in [-0.2, -0.15) is 0 Å². The van der Waals surface area contributed by atoms with E-state index >= 15 is 0 Å². The number of amides is 2. The summed E-state index contributed by atoms with van der Waals surface area (Å²) in [6.07, 6.45) is 2.20. The molecule has 132 valence electrons. The lowest BCUT2D eigenvalue weighted by Gasteiger charge is -2.18. The Hall–Kier alpha value is -2.49. The number of benzene rings is 2. The number of hydrogen-bond donors (Lipinski definition) is 2. The van der Waals surface area contributed by atoms with Gasteiger partial charge in [-0.15, -0.1) is 0 Å². The fraction of sp³-hybridized carbons (Fsp3) is 0.381. The second kappa shape index (κ2) is 6.79. The van der Waals surface area contributed by atoms with E-state index in [1.54, 1.807) is 7.11 Å². The molecule has 0 atom stereocenters. The summed E-state index contributed by atoms with van der Waals surface area (Å²) in [5.74, 6) is 0.857. The zero-order valence-corrected chi connectivity index (χ0v) is 15.4. The number of urea groups is 1. The SMILES string of the molecule is COc1ccc(C2(CNC(=O)Nc3c(C)cc(C)cc3C)CC2)cc1. The minimum Gasteiger partial charge on any atom is -0.497 e. The van der Waals surface area contributed by atoms with Gasteiger partial charge in [-0.05, 0) is 62.4 Å². The number of hydrogen-bond acceptors (Lipinski definition) is 2. The highest BCUT2D eigenvalue weighted by molar-refractivity contribution is 5.91. The maximum absolute atomic E-state index is 12.4. The second-order valence-electron chi connectivity index (χ2n) is 7.09. The number of carbonyl (C=O) groups excluding carboxylic acids is 1. The molecule has 2 aromatic carbocycles. The molecule has 1 saturated carbocycles. The van der Waals surface area contributed by atoms with Gasteiger partial charge >= 0.3 is 6.03 Å². The zero-order chi connectivity index (χ0) is 18.0. The molecule has 2 N–H and O–H groups in total. The Bertz CT molecular complexity index is 754. The Kier molecular flexibility index (Phi) is 4.71. The Labute approximate surface area is 149 Å². The zero-order valence-electron chi connectivity index (χ0n) is 15.4. The molecule has 1 aliphatic carbocycles. The third-order valence-electron chi connectivity index (χ3n) is 5.06. The van der Waals surface area contributed by atoms with Gasteiger partial charge in [0.1, 0.15) is 5.75 Å². The van der Waals surface area contributed by atoms with Crippen LogP contribution in [0.25, 0.3) is 0 Å². The predicted octanol–water partition coefficient (Wildman–Crippen LogP) is 4.47. The molecule has 0 aliphatic heterocycles. The van der Waals surface area contributed by atoms with E-state index in [1.807, 2.05) is 26.0 Å². The van der Waals surface area contributed by atoms with E-state index in [-0.39, 0.29) is 11.4 Å². The fourth-order valence-electron chi connectivity index (χ4n) is 3.45. The molecule has 3 rings (SSSR count). The molecule has 0 unspecified atom stereocenters. The van der Waals surface area contributed by atoms with Crippen molar-refractivity contribution in [3.8, 4) is 5.75 Å². The monoisotopic (exact) mass is 338 g/mol. The van der Waals surface area contributed by atoms with Crippen molar-refractivity contribution in [2.75, 3.05) is 19.0 Å². The molecule has 0 bridgehead atoms. The van der Waals surface area contributed by atoms with E-state index in [2.05, 4.69) is 41.8 Å². The maximum atomic E-state index is 12.4. The Morgan fingerprint density at radius 1 is 1.08 bits per heavy atom. The number of ether oxygens (including phenoxy) is 1. The summed E-state index contributed by atoms with van der Waals surface area (Å²) in [6.45, 7) is 6.76. The Morgan fingerprint density at radius 3 is 2.20 bits per heavy atom. The van der Waals surface area contributed by atoms with Gasteiger partial charge in [-0.1, -0.05) is 29.8 Å². The van der Waals surface area contributed by atoms with Crippen LogP contribution in [0.3, 0.4) is 0 Å². The van der Waals surface area contributed by atoms with Gasteiger partial charge in [0.15, 0.2) is 0 Å². The predicted molar refractivity (Wildman–Crippen MR) is 102 cm³/mol. The molecular formula is C21H26N2O2. The van der Waals surface area contributed by atoms with Crippen LogP contribution in [-0.2, 0) is 5.41 Å². The van der Waals surface area contributed by atoms with Crippen molar-refractivity contribution in [1.82, 2.24) is 5.32 Å². The lowest BCUT2D eigenvalue weighted by molar-refractivity contribution is 0.251. The number of methoxy groups -OCH3 is 1. The molecule has 0 spiro atoms. The molecule has 0 aromatic heterocycles. The molecular weight excluding hydrogens is 312 g/mol. The Balaban J connectivity index is 1.62. The molecule has 0 saturated heterocycles. The summed E-state index contributed by atoms with van der Waals surface area (Å²) in [5.41, 5.74) is 5.61. The quantitative estimate of drug-likeness (QED) is 0.845. The van der Waals surface area contributed by atoms with Gasteiger partial charge in [0, 0.05) is 17.6 Å². The van der Waals surface area contributed by atoms with E-state index in [1.165, 1.54) is 11.1 Å². The minimum atomic E-state index is -0.144. The number of rotatable bonds is 5. The lowest BCUT2D eigenvalue weighted by Crippen LogP contribution is -2.35. The first-order chi connectivity index (χ1) is 11.9. The second-order valence-corrected chi connectivity index (χ2v) is 7.09. The van der Waals surface area contributed by atoms with Crippen molar-refractivity contribution < 1.29 is 9.53 Å². The van der Waals surface area contributed by atoms with Crippen LogP contribution in [0.4, 0.5) is 10.5 Å². The van der Waals surface area contributed by atoms with Crippen LogP contribution in [0.2, 0.25) is 0 Å². The number of carbonyl (C=O) groups is 1. The molecule has 2 amide bonds. The fourth-order valence-corrected chi connectivity index (χ4v) is 3.45. The molecule has 1 fully saturated rings. The number of nitrogens with one attached hydrogen (secondary N) is 2. The van der Waals surface area contributed by atoms with Crippen molar-refractivity contribution in [3.63, 3.8) is 0 Å². The van der Waals surface area contributed by atoms with Crippen LogP contribution in [0.15, 0.2) is 36.4 Å². The highest BCUT2D eigenvalue weighted by Gasteiger charge is 2.44. The third kappa shape index (κ3) is 3.78. The van der Waals surface area contributed by atoms with Crippen molar-refractivity contribution in [2.45, 2.75) is 39.0 Å². The molecule has 0 heterocycles. The van der Waals surface area contributed by atoms with Crippen LogP contribution >= 0.6 is 0 Å². The highest BCUT2D eigenvalue weighted by Crippen LogP contribution is 2.47. The van der Waals surface area contributed by atoms with Crippen LogP contribution in [-0.4, -0.2) is 19.7 Å². The van der Waals surface area contributed by atoms with Gasteiger partial charge in [-0.25, -0.2) is 4.79 Å². The summed E-state index contributed by atoms with van der Waals surface area (Å²) < 4.78 is 5.22. The van der Waals surface area contributed by atoms with Gasteiger partial charge in [0.05, 0.1) is 7.11 Å². The van der Waals surface area contributed by atoms with Gasteiger partial charge in [0.2, 0.25) is 0 Å². The topological polar surface area (TPSA) is 50.4 Å². The van der Waals surface area contributed by atoms with E-state index < -0.39 is 0 Å². The van der Waals surface area contributed by atoms with Crippen molar-refractivity contribution in [2.24, 2.45) is 0 Å².